The van der Waals surface area contributed by atoms with E-state index in [-0.39, 0.29) is 11.5 Å². The van der Waals surface area contributed by atoms with Gasteiger partial charge in [-0.2, -0.15) is 8.78 Å². The third kappa shape index (κ3) is 4.67. The number of hydrogen-bond acceptors (Lipinski definition) is 4. The maximum atomic E-state index is 13.5. The van der Waals surface area contributed by atoms with Crippen LogP contribution in [0.5, 0.6) is 11.5 Å². The molecule has 0 amide bonds. The van der Waals surface area contributed by atoms with Crippen molar-refractivity contribution in [2.75, 3.05) is 6.61 Å². The second kappa shape index (κ2) is 8.51. The second-order valence-electron chi connectivity index (χ2n) is 7.20. The first-order chi connectivity index (χ1) is 14.4. The van der Waals surface area contributed by atoms with E-state index in [0.29, 0.717) is 42.6 Å². The Morgan fingerprint density at radius 2 is 1.87 bits per heavy atom. The molecule has 1 saturated carbocycles. The Morgan fingerprint density at radius 3 is 2.57 bits per heavy atom. The van der Waals surface area contributed by atoms with Gasteiger partial charge in [0.05, 0.1) is 24.2 Å². The first kappa shape index (κ1) is 20.5. The lowest BCUT2D eigenvalue weighted by Gasteiger charge is -2.21. The maximum Gasteiger partial charge on any atom is 0.387 e. The summed E-state index contributed by atoms with van der Waals surface area (Å²) >= 11 is 0. The number of H-pyrrole nitrogens is 1. The summed E-state index contributed by atoms with van der Waals surface area (Å²) in [5.41, 5.74) is 1.68. The van der Waals surface area contributed by atoms with Crippen molar-refractivity contribution in [1.82, 2.24) is 14.9 Å². The van der Waals surface area contributed by atoms with Gasteiger partial charge in [0.2, 0.25) is 0 Å². The average molecular weight is 423 g/mol. The van der Waals surface area contributed by atoms with Crippen molar-refractivity contribution in [2.24, 2.45) is 0 Å². The monoisotopic (exact) mass is 423 g/mol. The molecule has 160 valence electrons. The highest BCUT2D eigenvalue weighted by atomic mass is 19.3. The summed E-state index contributed by atoms with van der Waals surface area (Å²) in [6.45, 7) is 0.159. The summed E-state index contributed by atoms with van der Waals surface area (Å²) in [6, 6.07) is 7.42. The van der Waals surface area contributed by atoms with Gasteiger partial charge in [0, 0.05) is 24.7 Å². The summed E-state index contributed by atoms with van der Waals surface area (Å²) in [7, 11) is 0. The molecule has 1 aromatic heterocycles. The van der Waals surface area contributed by atoms with Crippen molar-refractivity contribution in [3.8, 4) is 11.5 Å². The van der Waals surface area contributed by atoms with E-state index < -0.39 is 18.2 Å². The highest BCUT2D eigenvalue weighted by molar-refractivity contribution is 5.75. The number of nitrogens with one attached hydrogen (secondary N) is 1. The van der Waals surface area contributed by atoms with Crippen LogP contribution in [0.1, 0.15) is 31.2 Å². The molecule has 0 saturated heterocycles. The van der Waals surface area contributed by atoms with E-state index >= 15 is 0 Å². The summed E-state index contributed by atoms with van der Waals surface area (Å²) in [6.07, 6.45) is 2.07. The predicted molar refractivity (Wildman–Crippen MR) is 103 cm³/mol. The fourth-order valence-electron chi connectivity index (χ4n) is 3.43. The molecule has 0 aliphatic heterocycles. The molecule has 1 heterocycles. The molecular weight excluding hydrogens is 402 g/mol. The highest BCUT2D eigenvalue weighted by Crippen LogP contribution is 2.33. The zero-order chi connectivity index (χ0) is 21.3. The van der Waals surface area contributed by atoms with Crippen molar-refractivity contribution in [2.45, 2.75) is 45.5 Å². The van der Waals surface area contributed by atoms with Gasteiger partial charge < -0.3 is 14.5 Å². The van der Waals surface area contributed by atoms with Crippen LogP contribution >= 0.6 is 0 Å². The molecule has 5 nitrogen and oxygen atoms in total. The summed E-state index contributed by atoms with van der Waals surface area (Å²) in [5, 5.41) is 0. The molecule has 30 heavy (non-hydrogen) atoms. The molecule has 1 N–H and O–H groups in total. The molecule has 1 fully saturated rings. The number of nitrogens with zero attached hydrogens (tertiary/aromatic N) is 2. The van der Waals surface area contributed by atoms with Crippen LogP contribution in [0.15, 0.2) is 30.3 Å². The van der Waals surface area contributed by atoms with E-state index in [4.69, 9.17) is 4.74 Å². The molecule has 0 bridgehead atoms. The Balaban J connectivity index is 1.53. The molecule has 1 aliphatic rings. The van der Waals surface area contributed by atoms with Crippen LogP contribution in [-0.4, -0.2) is 34.1 Å². The normalized spacial score (nSPS) is 14.1. The number of hydrogen-bond donors (Lipinski definition) is 1. The number of rotatable bonds is 9. The number of aromatic nitrogens is 2. The predicted octanol–water partition coefficient (Wildman–Crippen LogP) is 5.01. The number of imidazole rings is 1. The first-order valence-electron chi connectivity index (χ1n) is 9.71. The van der Waals surface area contributed by atoms with Gasteiger partial charge in [0.1, 0.15) is 5.82 Å². The van der Waals surface area contributed by atoms with Crippen LogP contribution in [-0.2, 0) is 13.1 Å². The van der Waals surface area contributed by atoms with Gasteiger partial charge >= 0.3 is 6.61 Å². The lowest BCUT2D eigenvalue weighted by atomic mass is 10.2. The molecule has 0 atom stereocenters. The van der Waals surface area contributed by atoms with Gasteiger partial charge in [-0.1, -0.05) is 6.07 Å². The van der Waals surface area contributed by atoms with Gasteiger partial charge in [0.25, 0.3) is 0 Å². The molecule has 9 heteroatoms. The number of aromatic amines is 1. The zero-order valence-electron chi connectivity index (χ0n) is 16.3. The van der Waals surface area contributed by atoms with Crippen LogP contribution in [0.4, 0.5) is 17.6 Å². The summed E-state index contributed by atoms with van der Waals surface area (Å²) in [4.78, 5) is 9.59. The minimum atomic E-state index is -2.93. The third-order valence-electron chi connectivity index (χ3n) is 4.90. The third-order valence-corrected chi connectivity index (χ3v) is 4.90. The molecule has 2 aromatic carbocycles. The number of halogens is 4. The van der Waals surface area contributed by atoms with E-state index in [1.807, 2.05) is 0 Å². The summed E-state index contributed by atoms with van der Waals surface area (Å²) in [5.74, 6) is -0.999. The SMILES string of the molecule is CCOc1cc(CN(Cc2nc3cc(F)c(F)cc3[nH]2)C2CC2)ccc1OC(F)F. The minimum Gasteiger partial charge on any atom is -0.490 e. The second-order valence-corrected chi connectivity index (χ2v) is 7.20. The lowest BCUT2D eigenvalue weighted by molar-refractivity contribution is -0.0514. The molecule has 1 aliphatic carbocycles. The Kier molecular flexibility index (Phi) is 5.80. The minimum absolute atomic E-state index is 0.00471. The topological polar surface area (TPSA) is 50.4 Å². The van der Waals surface area contributed by atoms with Crippen molar-refractivity contribution < 1.29 is 27.0 Å². The first-order valence-corrected chi connectivity index (χ1v) is 9.71. The van der Waals surface area contributed by atoms with Crippen LogP contribution in [0.25, 0.3) is 11.0 Å². The molecule has 0 radical (unpaired) electrons. The van der Waals surface area contributed by atoms with Crippen LogP contribution in [0.2, 0.25) is 0 Å². The summed E-state index contributed by atoms with van der Waals surface area (Å²) < 4.78 is 62.1. The fraction of sp³-hybridized carbons (Fsp3) is 0.381. The van der Waals surface area contributed by atoms with E-state index in [1.54, 1.807) is 19.1 Å². The highest BCUT2D eigenvalue weighted by Gasteiger charge is 2.30. The molecule has 0 spiro atoms. The quantitative estimate of drug-likeness (QED) is 0.492. The lowest BCUT2D eigenvalue weighted by Crippen LogP contribution is -2.25. The Labute approximate surface area is 170 Å². The van der Waals surface area contributed by atoms with Crippen molar-refractivity contribution in [3.63, 3.8) is 0 Å². The number of benzene rings is 2. The van der Waals surface area contributed by atoms with E-state index in [2.05, 4.69) is 19.6 Å². The fourth-order valence-corrected chi connectivity index (χ4v) is 3.43. The molecule has 3 aromatic rings. The van der Waals surface area contributed by atoms with Crippen molar-refractivity contribution in [3.05, 3.63) is 53.4 Å². The zero-order valence-corrected chi connectivity index (χ0v) is 16.3. The molecule has 0 unspecified atom stereocenters. The van der Waals surface area contributed by atoms with Gasteiger partial charge in [-0.05, 0) is 37.5 Å². The Bertz CT molecular complexity index is 998. The van der Waals surface area contributed by atoms with E-state index in [1.165, 1.54) is 6.07 Å². The Morgan fingerprint density at radius 1 is 1.10 bits per heavy atom. The average Bonchev–Trinajstić information content (AvgIpc) is 3.46. The van der Waals surface area contributed by atoms with E-state index in [0.717, 1.165) is 30.5 Å². The molecular formula is C21H21F4N3O2. The van der Waals surface area contributed by atoms with Crippen molar-refractivity contribution >= 4 is 11.0 Å². The number of fused-ring (bicyclic) bond motifs is 1. The Hall–Kier alpha value is -2.81. The van der Waals surface area contributed by atoms with Gasteiger partial charge in [-0.3, -0.25) is 4.90 Å². The van der Waals surface area contributed by atoms with Gasteiger partial charge in [0.15, 0.2) is 23.1 Å². The van der Waals surface area contributed by atoms with E-state index in [9.17, 15) is 17.6 Å². The van der Waals surface area contributed by atoms with Crippen LogP contribution < -0.4 is 9.47 Å². The van der Waals surface area contributed by atoms with Crippen LogP contribution in [0.3, 0.4) is 0 Å². The standard InChI is InChI=1S/C21H21F4N3O2/c1-2-29-19-7-12(3-6-18(19)30-21(24)25)10-28(13-4-5-13)11-20-26-16-8-14(22)15(23)9-17(16)27-20/h3,6-9,13,21H,2,4-5,10-11H2,1H3,(H,26,27). The maximum absolute atomic E-state index is 13.5. The van der Waals surface area contributed by atoms with Gasteiger partial charge in [-0.25, -0.2) is 13.8 Å². The smallest absolute Gasteiger partial charge is 0.387 e. The number of ether oxygens (including phenoxy) is 2. The van der Waals surface area contributed by atoms with Crippen LogP contribution in [0, 0.1) is 11.6 Å². The van der Waals surface area contributed by atoms with Gasteiger partial charge in [-0.15, -0.1) is 0 Å². The molecule has 4 rings (SSSR count). The van der Waals surface area contributed by atoms with Crippen molar-refractivity contribution in [1.29, 1.82) is 0 Å². The number of alkyl halides is 2. The largest absolute Gasteiger partial charge is 0.490 e.